The Hall–Kier alpha value is -1.90. The van der Waals surface area contributed by atoms with Crippen molar-refractivity contribution in [2.45, 2.75) is 25.7 Å². The SMILES string of the molecule is C=C1CC[C@H](c2ccccc2)[C@@]1(C(C)=O)C(=O)OC. The summed E-state index contributed by atoms with van der Waals surface area (Å²) in [6, 6.07) is 9.64. The molecule has 0 aliphatic heterocycles. The van der Waals surface area contributed by atoms with E-state index in [1.807, 2.05) is 30.3 Å². The van der Waals surface area contributed by atoms with Crippen LogP contribution in [0.2, 0.25) is 0 Å². The molecule has 1 saturated carbocycles. The van der Waals surface area contributed by atoms with E-state index in [0.717, 1.165) is 12.0 Å². The maximum absolute atomic E-state index is 12.3. The van der Waals surface area contributed by atoms with E-state index in [1.165, 1.54) is 14.0 Å². The molecule has 0 bridgehead atoms. The molecule has 100 valence electrons. The van der Waals surface area contributed by atoms with Crippen molar-refractivity contribution < 1.29 is 14.3 Å². The van der Waals surface area contributed by atoms with Crippen molar-refractivity contribution >= 4 is 11.8 Å². The summed E-state index contributed by atoms with van der Waals surface area (Å²) in [5.74, 6) is -0.849. The second-order valence-corrected chi connectivity index (χ2v) is 4.96. The summed E-state index contributed by atoms with van der Waals surface area (Å²) < 4.78 is 4.90. The van der Waals surface area contributed by atoms with E-state index in [1.54, 1.807) is 0 Å². The Morgan fingerprint density at radius 3 is 2.47 bits per heavy atom. The van der Waals surface area contributed by atoms with E-state index in [9.17, 15) is 9.59 Å². The third kappa shape index (κ3) is 1.89. The fraction of sp³-hybridized carbons (Fsp3) is 0.375. The van der Waals surface area contributed by atoms with Crippen molar-refractivity contribution in [1.82, 2.24) is 0 Å². The van der Waals surface area contributed by atoms with E-state index in [2.05, 4.69) is 6.58 Å². The summed E-state index contributed by atoms with van der Waals surface area (Å²) in [5.41, 5.74) is 0.443. The number of ketones is 1. The molecular formula is C16H18O3. The summed E-state index contributed by atoms with van der Waals surface area (Å²) in [5, 5.41) is 0. The molecule has 1 aliphatic rings. The van der Waals surface area contributed by atoms with Crippen molar-refractivity contribution in [2.75, 3.05) is 7.11 Å². The molecule has 1 aromatic rings. The number of benzene rings is 1. The first-order valence-corrected chi connectivity index (χ1v) is 6.37. The highest BCUT2D eigenvalue weighted by molar-refractivity contribution is 6.07. The van der Waals surface area contributed by atoms with E-state index in [0.29, 0.717) is 12.0 Å². The fourth-order valence-corrected chi connectivity index (χ4v) is 3.17. The van der Waals surface area contributed by atoms with Gasteiger partial charge in [0.2, 0.25) is 0 Å². The molecule has 2 atom stereocenters. The van der Waals surface area contributed by atoms with Gasteiger partial charge in [-0.2, -0.15) is 0 Å². The van der Waals surface area contributed by atoms with Gasteiger partial charge in [0.05, 0.1) is 7.11 Å². The molecule has 0 saturated heterocycles. The Bertz CT molecular complexity index is 518. The lowest BCUT2D eigenvalue weighted by molar-refractivity contribution is -0.155. The summed E-state index contributed by atoms with van der Waals surface area (Å²) in [4.78, 5) is 24.5. The molecule has 0 radical (unpaired) electrons. The molecule has 2 rings (SSSR count). The van der Waals surface area contributed by atoms with Gasteiger partial charge in [-0.05, 0) is 25.3 Å². The van der Waals surface area contributed by atoms with Crippen LogP contribution in [0.5, 0.6) is 0 Å². The van der Waals surface area contributed by atoms with Gasteiger partial charge in [0.15, 0.2) is 11.2 Å². The van der Waals surface area contributed by atoms with Crippen LogP contribution in [0.3, 0.4) is 0 Å². The van der Waals surface area contributed by atoms with Gasteiger partial charge in [-0.15, -0.1) is 0 Å². The highest BCUT2D eigenvalue weighted by Gasteiger charge is 2.56. The van der Waals surface area contributed by atoms with Gasteiger partial charge < -0.3 is 4.74 Å². The van der Waals surface area contributed by atoms with Crippen LogP contribution in [-0.4, -0.2) is 18.9 Å². The third-order valence-corrected chi connectivity index (χ3v) is 4.08. The lowest BCUT2D eigenvalue weighted by Crippen LogP contribution is -2.42. The summed E-state index contributed by atoms with van der Waals surface area (Å²) >= 11 is 0. The Labute approximate surface area is 113 Å². The zero-order valence-corrected chi connectivity index (χ0v) is 11.3. The second kappa shape index (κ2) is 5.00. The van der Waals surface area contributed by atoms with Gasteiger partial charge in [-0.1, -0.05) is 42.5 Å². The van der Waals surface area contributed by atoms with E-state index >= 15 is 0 Å². The molecule has 0 amide bonds. The maximum Gasteiger partial charge on any atom is 0.324 e. The van der Waals surface area contributed by atoms with Crippen LogP contribution in [0.25, 0.3) is 0 Å². The number of rotatable bonds is 3. The van der Waals surface area contributed by atoms with Gasteiger partial charge >= 0.3 is 5.97 Å². The topological polar surface area (TPSA) is 43.4 Å². The number of hydrogen-bond donors (Lipinski definition) is 0. The zero-order chi connectivity index (χ0) is 14.0. The number of esters is 1. The predicted octanol–water partition coefficient (Wildman–Crippen LogP) is 2.87. The Balaban J connectivity index is 2.57. The first kappa shape index (κ1) is 13.5. The number of hydrogen-bond acceptors (Lipinski definition) is 3. The summed E-state index contributed by atoms with van der Waals surface area (Å²) in [6.45, 7) is 5.40. The van der Waals surface area contributed by atoms with Crippen molar-refractivity contribution in [3.8, 4) is 0 Å². The lowest BCUT2D eigenvalue weighted by Gasteiger charge is -2.31. The smallest absolute Gasteiger partial charge is 0.324 e. The number of methoxy groups -OCH3 is 1. The number of carbonyl (C=O) groups is 2. The van der Waals surface area contributed by atoms with Crippen LogP contribution in [0.15, 0.2) is 42.5 Å². The first-order valence-electron chi connectivity index (χ1n) is 6.37. The fourth-order valence-electron chi connectivity index (χ4n) is 3.17. The molecular weight excluding hydrogens is 240 g/mol. The number of ether oxygens (including phenoxy) is 1. The van der Waals surface area contributed by atoms with Gasteiger partial charge in [0.1, 0.15) is 0 Å². The molecule has 0 N–H and O–H groups in total. The van der Waals surface area contributed by atoms with Crippen LogP contribution < -0.4 is 0 Å². The van der Waals surface area contributed by atoms with Crippen LogP contribution in [0.1, 0.15) is 31.2 Å². The second-order valence-electron chi connectivity index (χ2n) is 4.96. The maximum atomic E-state index is 12.3. The standard InChI is InChI=1S/C16H18O3/c1-11-9-10-14(13-7-5-4-6-8-13)16(11,12(2)17)15(18)19-3/h4-8,14H,1,9-10H2,2-3H3/t14-,16-/m1/s1. The molecule has 0 spiro atoms. The Kier molecular flexibility index (Phi) is 3.56. The minimum atomic E-state index is -1.21. The molecule has 0 heterocycles. The van der Waals surface area contributed by atoms with E-state index in [-0.39, 0.29) is 11.7 Å². The van der Waals surface area contributed by atoms with Crippen LogP contribution in [0, 0.1) is 5.41 Å². The molecule has 1 fully saturated rings. The molecule has 3 nitrogen and oxygen atoms in total. The van der Waals surface area contributed by atoms with E-state index in [4.69, 9.17) is 4.74 Å². The van der Waals surface area contributed by atoms with E-state index < -0.39 is 11.4 Å². The summed E-state index contributed by atoms with van der Waals surface area (Å²) in [7, 11) is 1.32. The number of carbonyl (C=O) groups excluding carboxylic acids is 2. The highest BCUT2D eigenvalue weighted by atomic mass is 16.5. The predicted molar refractivity (Wildman–Crippen MR) is 72.7 cm³/mol. The van der Waals surface area contributed by atoms with Gasteiger partial charge in [-0.25, -0.2) is 0 Å². The van der Waals surface area contributed by atoms with Crippen molar-refractivity contribution in [3.05, 3.63) is 48.0 Å². The number of Topliss-reactive ketones (excluding diaryl/α,β-unsaturated/α-hetero) is 1. The largest absolute Gasteiger partial charge is 0.468 e. The van der Waals surface area contributed by atoms with Crippen molar-refractivity contribution in [1.29, 1.82) is 0 Å². The quantitative estimate of drug-likeness (QED) is 0.475. The monoisotopic (exact) mass is 258 g/mol. The van der Waals surface area contributed by atoms with Gasteiger partial charge in [0.25, 0.3) is 0 Å². The molecule has 1 aromatic carbocycles. The molecule has 19 heavy (non-hydrogen) atoms. The minimum Gasteiger partial charge on any atom is -0.468 e. The molecule has 3 heteroatoms. The van der Waals surface area contributed by atoms with Crippen LogP contribution in [-0.2, 0) is 14.3 Å². The van der Waals surface area contributed by atoms with Crippen molar-refractivity contribution in [3.63, 3.8) is 0 Å². The summed E-state index contributed by atoms with van der Waals surface area (Å²) in [6.07, 6.45) is 1.42. The van der Waals surface area contributed by atoms with Crippen LogP contribution in [0.4, 0.5) is 0 Å². The van der Waals surface area contributed by atoms with Crippen LogP contribution >= 0.6 is 0 Å². The average molecular weight is 258 g/mol. The average Bonchev–Trinajstić information content (AvgIpc) is 2.77. The third-order valence-electron chi connectivity index (χ3n) is 4.08. The van der Waals surface area contributed by atoms with Gasteiger partial charge in [0, 0.05) is 5.92 Å². The molecule has 1 aliphatic carbocycles. The molecule has 0 unspecified atom stereocenters. The normalized spacial score (nSPS) is 26.2. The zero-order valence-electron chi connectivity index (χ0n) is 11.3. The first-order chi connectivity index (χ1) is 9.05. The Morgan fingerprint density at radius 2 is 1.95 bits per heavy atom. The highest BCUT2D eigenvalue weighted by Crippen LogP contribution is 2.53. The Morgan fingerprint density at radius 1 is 1.32 bits per heavy atom. The molecule has 0 aromatic heterocycles. The van der Waals surface area contributed by atoms with Gasteiger partial charge in [-0.3, -0.25) is 9.59 Å². The lowest BCUT2D eigenvalue weighted by atomic mass is 9.70. The van der Waals surface area contributed by atoms with Crippen molar-refractivity contribution in [2.24, 2.45) is 5.41 Å². The minimum absolute atomic E-state index is 0.175.